The normalized spacial score (nSPS) is 12.7. The molecule has 0 unspecified atom stereocenters. The highest BCUT2D eigenvalue weighted by molar-refractivity contribution is 5.97. The summed E-state index contributed by atoms with van der Waals surface area (Å²) in [5.41, 5.74) is 6.82. The van der Waals surface area contributed by atoms with Crippen molar-refractivity contribution in [3.8, 4) is 0 Å². The second kappa shape index (κ2) is 7.20. The van der Waals surface area contributed by atoms with Gasteiger partial charge in [-0.15, -0.1) is 0 Å². The highest BCUT2D eigenvalue weighted by Gasteiger charge is 2.27. The number of aliphatic hydroxyl groups is 3. The molecule has 0 aliphatic heterocycles. The molecule has 0 bridgehead atoms. The van der Waals surface area contributed by atoms with Crippen LogP contribution in [0.15, 0.2) is 23.4 Å². The maximum atomic E-state index is 9.23. The van der Waals surface area contributed by atoms with Crippen LogP contribution in [0.2, 0.25) is 0 Å². The molecular formula is C13H21N3O4. The summed E-state index contributed by atoms with van der Waals surface area (Å²) in [6.45, 7) is 1.11. The fourth-order valence-electron chi connectivity index (χ4n) is 1.71. The van der Waals surface area contributed by atoms with Gasteiger partial charge in [0.25, 0.3) is 0 Å². The Bertz CT molecular complexity index is 464. The molecular weight excluding hydrogens is 262 g/mol. The van der Waals surface area contributed by atoms with Crippen LogP contribution in [0.4, 0.5) is 0 Å². The molecule has 0 amide bonds. The maximum Gasteiger partial charge on any atom is 0.170 e. The van der Waals surface area contributed by atoms with Crippen molar-refractivity contribution in [3.63, 3.8) is 0 Å². The van der Waals surface area contributed by atoms with E-state index >= 15 is 0 Å². The number of rotatable bonds is 7. The summed E-state index contributed by atoms with van der Waals surface area (Å²) in [6, 6.07) is 5.27. The SMILES string of the molecule is Cc1cc(/C(N)=N/O)ccc1CNC(CO)(CO)CO. The number of aryl methyl sites for hydroxylation is 1. The summed E-state index contributed by atoms with van der Waals surface area (Å²) in [4.78, 5) is 0. The number of nitrogens with two attached hydrogens (primary N) is 1. The number of hydrogen-bond acceptors (Lipinski definition) is 6. The largest absolute Gasteiger partial charge is 0.409 e. The molecule has 112 valence electrons. The lowest BCUT2D eigenvalue weighted by Gasteiger charge is -2.29. The Balaban J connectivity index is 2.84. The zero-order valence-electron chi connectivity index (χ0n) is 11.4. The van der Waals surface area contributed by atoms with Crippen LogP contribution in [-0.2, 0) is 6.54 Å². The van der Waals surface area contributed by atoms with Crippen LogP contribution in [0, 0.1) is 6.92 Å². The number of hydrogen-bond donors (Lipinski definition) is 6. The Morgan fingerprint density at radius 3 is 2.30 bits per heavy atom. The third kappa shape index (κ3) is 3.67. The molecule has 7 nitrogen and oxygen atoms in total. The van der Waals surface area contributed by atoms with Crippen molar-refractivity contribution in [2.24, 2.45) is 10.9 Å². The van der Waals surface area contributed by atoms with E-state index in [1.54, 1.807) is 18.2 Å². The second-order valence-corrected chi connectivity index (χ2v) is 4.73. The molecule has 0 saturated carbocycles. The molecule has 1 aromatic rings. The van der Waals surface area contributed by atoms with E-state index in [1.807, 2.05) is 6.92 Å². The minimum Gasteiger partial charge on any atom is -0.409 e. The molecule has 0 aliphatic carbocycles. The van der Waals surface area contributed by atoms with Gasteiger partial charge in [-0.1, -0.05) is 17.3 Å². The van der Waals surface area contributed by atoms with E-state index in [4.69, 9.17) is 10.9 Å². The molecule has 7 N–H and O–H groups in total. The molecule has 0 atom stereocenters. The smallest absolute Gasteiger partial charge is 0.170 e. The summed E-state index contributed by atoms with van der Waals surface area (Å²) in [7, 11) is 0. The minimum atomic E-state index is -1.11. The van der Waals surface area contributed by atoms with E-state index < -0.39 is 5.54 Å². The van der Waals surface area contributed by atoms with Gasteiger partial charge in [0.2, 0.25) is 0 Å². The Morgan fingerprint density at radius 1 is 1.25 bits per heavy atom. The molecule has 0 radical (unpaired) electrons. The molecule has 1 aromatic carbocycles. The van der Waals surface area contributed by atoms with Crippen molar-refractivity contribution in [1.29, 1.82) is 0 Å². The zero-order valence-corrected chi connectivity index (χ0v) is 11.4. The lowest BCUT2D eigenvalue weighted by atomic mass is 10.0. The maximum absolute atomic E-state index is 9.23. The number of amidine groups is 1. The Kier molecular flexibility index (Phi) is 5.90. The van der Waals surface area contributed by atoms with Gasteiger partial charge in [0, 0.05) is 12.1 Å². The van der Waals surface area contributed by atoms with E-state index in [2.05, 4.69) is 10.5 Å². The number of aliphatic hydroxyl groups excluding tert-OH is 3. The lowest BCUT2D eigenvalue weighted by Crippen LogP contribution is -2.54. The summed E-state index contributed by atoms with van der Waals surface area (Å²) in [5.74, 6) is 0.0306. The van der Waals surface area contributed by atoms with Gasteiger partial charge in [-0.2, -0.15) is 0 Å². The predicted molar refractivity (Wildman–Crippen MR) is 74.5 cm³/mol. The average Bonchev–Trinajstić information content (AvgIpc) is 2.49. The van der Waals surface area contributed by atoms with E-state index in [-0.39, 0.29) is 25.7 Å². The fourth-order valence-corrected chi connectivity index (χ4v) is 1.71. The van der Waals surface area contributed by atoms with Gasteiger partial charge in [0.05, 0.1) is 25.4 Å². The summed E-state index contributed by atoms with van der Waals surface area (Å²) < 4.78 is 0. The van der Waals surface area contributed by atoms with Crippen LogP contribution in [0.5, 0.6) is 0 Å². The molecule has 0 fully saturated rings. The highest BCUT2D eigenvalue weighted by Crippen LogP contribution is 2.13. The van der Waals surface area contributed by atoms with E-state index in [0.717, 1.165) is 11.1 Å². The van der Waals surface area contributed by atoms with Crippen LogP contribution < -0.4 is 11.1 Å². The van der Waals surface area contributed by atoms with Crippen molar-refractivity contribution in [2.75, 3.05) is 19.8 Å². The van der Waals surface area contributed by atoms with Crippen molar-refractivity contribution in [3.05, 3.63) is 34.9 Å². The molecule has 1 rings (SSSR count). The topological polar surface area (TPSA) is 131 Å². The van der Waals surface area contributed by atoms with E-state index in [1.165, 1.54) is 0 Å². The molecule has 20 heavy (non-hydrogen) atoms. The van der Waals surface area contributed by atoms with Crippen molar-refractivity contribution >= 4 is 5.84 Å². The number of nitrogens with one attached hydrogen (secondary N) is 1. The van der Waals surface area contributed by atoms with E-state index in [0.29, 0.717) is 12.1 Å². The van der Waals surface area contributed by atoms with Gasteiger partial charge >= 0.3 is 0 Å². The summed E-state index contributed by atoms with van der Waals surface area (Å²) >= 11 is 0. The molecule has 0 heterocycles. The summed E-state index contributed by atoms with van der Waals surface area (Å²) in [6.07, 6.45) is 0. The molecule has 0 spiro atoms. The number of benzene rings is 1. The quantitative estimate of drug-likeness (QED) is 0.163. The first-order valence-corrected chi connectivity index (χ1v) is 6.17. The first kappa shape index (κ1) is 16.4. The van der Waals surface area contributed by atoms with Gasteiger partial charge < -0.3 is 31.6 Å². The standard InChI is InChI=1S/C13H21N3O4/c1-9-4-10(12(14)16-20)2-3-11(9)5-15-13(6-17,7-18)8-19/h2-4,15,17-20H,5-8H2,1H3,(H2,14,16). The Morgan fingerprint density at radius 2 is 1.85 bits per heavy atom. The Labute approximate surface area is 117 Å². The van der Waals surface area contributed by atoms with Gasteiger partial charge in [-0.3, -0.25) is 0 Å². The van der Waals surface area contributed by atoms with Crippen LogP contribution in [-0.4, -0.2) is 51.7 Å². The lowest BCUT2D eigenvalue weighted by molar-refractivity contribution is 0.0413. The highest BCUT2D eigenvalue weighted by atomic mass is 16.4. The number of nitrogens with zero attached hydrogens (tertiary/aromatic N) is 1. The first-order chi connectivity index (χ1) is 9.51. The van der Waals surface area contributed by atoms with Gasteiger partial charge in [-0.05, 0) is 24.1 Å². The monoisotopic (exact) mass is 283 g/mol. The molecule has 0 saturated heterocycles. The van der Waals surface area contributed by atoms with Gasteiger partial charge in [-0.25, -0.2) is 0 Å². The zero-order chi connectivity index (χ0) is 15.2. The van der Waals surface area contributed by atoms with Crippen LogP contribution in [0.3, 0.4) is 0 Å². The van der Waals surface area contributed by atoms with Crippen LogP contribution in [0.1, 0.15) is 16.7 Å². The van der Waals surface area contributed by atoms with E-state index in [9.17, 15) is 15.3 Å². The molecule has 7 heteroatoms. The third-order valence-electron chi connectivity index (χ3n) is 3.31. The van der Waals surface area contributed by atoms with Crippen molar-refractivity contribution in [1.82, 2.24) is 5.32 Å². The van der Waals surface area contributed by atoms with Gasteiger partial charge in [0.15, 0.2) is 5.84 Å². The predicted octanol–water partition coefficient (Wildman–Crippen LogP) is -1.11. The minimum absolute atomic E-state index is 0.0306. The van der Waals surface area contributed by atoms with Crippen molar-refractivity contribution < 1.29 is 20.5 Å². The average molecular weight is 283 g/mol. The van der Waals surface area contributed by atoms with Crippen LogP contribution in [0.25, 0.3) is 0 Å². The third-order valence-corrected chi connectivity index (χ3v) is 3.31. The Hall–Kier alpha value is -1.67. The van der Waals surface area contributed by atoms with Crippen LogP contribution >= 0.6 is 0 Å². The van der Waals surface area contributed by atoms with Crippen molar-refractivity contribution in [2.45, 2.75) is 19.0 Å². The fraction of sp³-hybridized carbons (Fsp3) is 0.462. The molecule has 0 aromatic heterocycles. The second-order valence-electron chi connectivity index (χ2n) is 4.73. The number of oxime groups is 1. The first-order valence-electron chi connectivity index (χ1n) is 6.17. The van der Waals surface area contributed by atoms with Gasteiger partial charge in [0.1, 0.15) is 0 Å². The molecule has 0 aliphatic rings. The summed E-state index contributed by atoms with van der Waals surface area (Å²) in [5, 5.41) is 42.2.